The van der Waals surface area contributed by atoms with E-state index in [2.05, 4.69) is 30.0 Å². The summed E-state index contributed by atoms with van der Waals surface area (Å²) in [7, 11) is 0.998. The Labute approximate surface area is 146 Å². The molecule has 0 unspecified atom stereocenters. The van der Waals surface area contributed by atoms with E-state index >= 15 is 0 Å². The highest BCUT2D eigenvalue weighted by Gasteiger charge is 2.47. The summed E-state index contributed by atoms with van der Waals surface area (Å²) in [6.07, 6.45) is 2.07. The molecule has 24 heavy (non-hydrogen) atoms. The fourth-order valence-electron chi connectivity index (χ4n) is 3.96. The van der Waals surface area contributed by atoms with Gasteiger partial charge in [-0.25, -0.2) is 8.42 Å². The SMILES string of the molecule is CCS(=O)(=O)N1CC2(CCN(CCN(C)C)CC2)c2ccccc21. The predicted molar refractivity (Wildman–Crippen MR) is 99.2 cm³/mol. The second kappa shape index (κ2) is 6.65. The van der Waals surface area contributed by atoms with Crippen molar-refractivity contribution < 1.29 is 8.42 Å². The van der Waals surface area contributed by atoms with Crippen molar-refractivity contribution >= 4 is 15.7 Å². The summed E-state index contributed by atoms with van der Waals surface area (Å²) in [5, 5.41) is 0. The molecule has 0 aromatic heterocycles. The minimum Gasteiger partial charge on any atom is -0.308 e. The first kappa shape index (κ1) is 17.7. The average Bonchev–Trinajstić information content (AvgIpc) is 2.90. The van der Waals surface area contributed by atoms with Crippen LogP contribution < -0.4 is 4.31 Å². The normalized spacial score (nSPS) is 20.8. The number of anilines is 1. The summed E-state index contributed by atoms with van der Waals surface area (Å²) < 4.78 is 26.7. The van der Waals surface area contributed by atoms with Gasteiger partial charge in [-0.1, -0.05) is 18.2 Å². The summed E-state index contributed by atoms with van der Waals surface area (Å²) >= 11 is 0. The van der Waals surface area contributed by atoms with E-state index < -0.39 is 10.0 Å². The van der Waals surface area contributed by atoms with Crippen LogP contribution in [0, 0.1) is 0 Å². The quantitative estimate of drug-likeness (QED) is 0.811. The van der Waals surface area contributed by atoms with Gasteiger partial charge in [0, 0.05) is 25.0 Å². The van der Waals surface area contributed by atoms with Crippen LogP contribution in [0.25, 0.3) is 0 Å². The van der Waals surface area contributed by atoms with Crippen molar-refractivity contribution in [2.45, 2.75) is 25.2 Å². The third kappa shape index (κ3) is 3.19. The molecule has 5 nitrogen and oxygen atoms in total. The molecule has 0 saturated carbocycles. The lowest BCUT2D eigenvalue weighted by atomic mass is 9.74. The van der Waals surface area contributed by atoms with Crippen LogP contribution in [0.3, 0.4) is 0 Å². The van der Waals surface area contributed by atoms with Crippen molar-refractivity contribution in [3.63, 3.8) is 0 Å². The fraction of sp³-hybridized carbons (Fsp3) is 0.667. The molecule has 1 spiro atoms. The number of benzene rings is 1. The molecule has 0 atom stereocenters. The second-order valence-corrected chi connectivity index (χ2v) is 9.53. The molecule has 134 valence electrons. The number of likely N-dealkylation sites (tertiary alicyclic amines) is 1. The average molecular weight is 352 g/mol. The van der Waals surface area contributed by atoms with Crippen LogP contribution in [0.4, 0.5) is 5.69 Å². The summed E-state index contributed by atoms with van der Waals surface area (Å²) in [5.41, 5.74) is 2.13. The Kier molecular flexibility index (Phi) is 4.91. The van der Waals surface area contributed by atoms with Crippen LogP contribution in [-0.2, 0) is 15.4 Å². The van der Waals surface area contributed by atoms with E-state index in [0.29, 0.717) is 6.54 Å². The number of piperidine rings is 1. The van der Waals surface area contributed by atoms with Gasteiger partial charge in [-0.3, -0.25) is 4.31 Å². The molecule has 1 aromatic rings. The lowest BCUT2D eigenvalue weighted by Gasteiger charge is -2.40. The summed E-state index contributed by atoms with van der Waals surface area (Å²) in [6, 6.07) is 8.09. The van der Waals surface area contributed by atoms with Gasteiger partial charge < -0.3 is 9.80 Å². The highest BCUT2D eigenvalue weighted by molar-refractivity contribution is 7.92. The Morgan fingerprint density at radius 1 is 1.17 bits per heavy atom. The van der Waals surface area contributed by atoms with Crippen LogP contribution >= 0.6 is 0 Å². The minimum absolute atomic E-state index is 0.00650. The smallest absolute Gasteiger partial charge is 0.234 e. The maximum Gasteiger partial charge on any atom is 0.234 e. The molecule has 0 radical (unpaired) electrons. The largest absolute Gasteiger partial charge is 0.308 e. The Balaban J connectivity index is 1.81. The fourth-order valence-corrected chi connectivity index (χ4v) is 5.18. The maximum atomic E-state index is 12.5. The molecule has 1 saturated heterocycles. The first-order valence-electron chi connectivity index (χ1n) is 8.85. The highest BCUT2D eigenvalue weighted by Crippen LogP contribution is 2.47. The number of likely N-dealkylation sites (N-methyl/N-ethyl adjacent to an activating group) is 1. The molecule has 0 bridgehead atoms. The zero-order valence-electron chi connectivity index (χ0n) is 15.0. The predicted octanol–water partition coefficient (Wildman–Crippen LogP) is 1.75. The van der Waals surface area contributed by atoms with Crippen LogP contribution in [0.1, 0.15) is 25.3 Å². The van der Waals surface area contributed by atoms with E-state index in [-0.39, 0.29) is 11.2 Å². The molecule has 2 heterocycles. The van der Waals surface area contributed by atoms with E-state index in [0.717, 1.165) is 44.7 Å². The molecule has 1 fully saturated rings. The van der Waals surface area contributed by atoms with E-state index in [1.807, 2.05) is 18.2 Å². The van der Waals surface area contributed by atoms with Gasteiger partial charge in [0.2, 0.25) is 10.0 Å². The third-order valence-electron chi connectivity index (χ3n) is 5.57. The Bertz CT molecular complexity index is 679. The van der Waals surface area contributed by atoms with Gasteiger partial charge in [-0.15, -0.1) is 0 Å². The molecule has 6 heteroatoms. The van der Waals surface area contributed by atoms with Gasteiger partial charge in [-0.05, 0) is 58.6 Å². The zero-order valence-corrected chi connectivity index (χ0v) is 15.8. The van der Waals surface area contributed by atoms with Gasteiger partial charge in [0.1, 0.15) is 0 Å². The topological polar surface area (TPSA) is 43.9 Å². The van der Waals surface area contributed by atoms with E-state index in [1.54, 1.807) is 11.2 Å². The number of fused-ring (bicyclic) bond motifs is 2. The number of hydrogen-bond acceptors (Lipinski definition) is 4. The van der Waals surface area contributed by atoms with Crippen molar-refractivity contribution in [3.8, 4) is 0 Å². The summed E-state index contributed by atoms with van der Waals surface area (Å²) in [4.78, 5) is 4.72. The van der Waals surface area contributed by atoms with E-state index in [1.165, 1.54) is 5.56 Å². The molecule has 2 aliphatic heterocycles. The monoisotopic (exact) mass is 351 g/mol. The Morgan fingerprint density at radius 3 is 2.46 bits per heavy atom. The van der Waals surface area contributed by atoms with Crippen LogP contribution in [0.15, 0.2) is 24.3 Å². The lowest BCUT2D eigenvalue weighted by Crippen LogP contribution is -2.47. The van der Waals surface area contributed by atoms with Gasteiger partial charge in [0.15, 0.2) is 0 Å². The van der Waals surface area contributed by atoms with Crippen molar-refractivity contribution in [2.75, 3.05) is 56.9 Å². The molecule has 3 rings (SSSR count). The van der Waals surface area contributed by atoms with Gasteiger partial charge in [0.25, 0.3) is 0 Å². The van der Waals surface area contributed by atoms with Crippen LogP contribution in [0.2, 0.25) is 0 Å². The summed E-state index contributed by atoms with van der Waals surface area (Å²) in [5.74, 6) is 0.159. The van der Waals surface area contributed by atoms with E-state index in [9.17, 15) is 8.42 Å². The van der Waals surface area contributed by atoms with Gasteiger partial charge in [0.05, 0.1) is 11.4 Å². The van der Waals surface area contributed by atoms with Crippen molar-refractivity contribution in [1.82, 2.24) is 9.80 Å². The van der Waals surface area contributed by atoms with Gasteiger partial charge in [-0.2, -0.15) is 0 Å². The minimum atomic E-state index is -3.21. The Morgan fingerprint density at radius 2 is 1.83 bits per heavy atom. The number of para-hydroxylation sites is 1. The first-order chi connectivity index (χ1) is 11.4. The van der Waals surface area contributed by atoms with Crippen LogP contribution in [-0.4, -0.2) is 70.8 Å². The number of nitrogens with zero attached hydrogens (tertiary/aromatic N) is 3. The Hall–Kier alpha value is -1.11. The van der Waals surface area contributed by atoms with E-state index in [4.69, 9.17) is 0 Å². The summed E-state index contributed by atoms with van der Waals surface area (Å²) in [6.45, 7) is 6.59. The molecule has 2 aliphatic rings. The molecular weight excluding hydrogens is 322 g/mol. The zero-order chi connectivity index (χ0) is 17.4. The molecule has 0 N–H and O–H groups in total. The molecule has 0 amide bonds. The molecular formula is C18H29N3O2S. The standard InChI is InChI=1S/C18H29N3O2S/c1-4-24(22,23)21-15-18(16-7-5-6-8-17(16)21)9-11-20(12-10-18)14-13-19(2)3/h5-8H,4,9-15H2,1-3H3. The van der Waals surface area contributed by atoms with Gasteiger partial charge >= 0.3 is 0 Å². The maximum absolute atomic E-state index is 12.5. The number of sulfonamides is 1. The number of rotatable bonds is 5. The number of hydrogen-bond donors (Lipinski definition) is 0. The highest BCUT2D eigenvalue weighted by atomic mass is 32.2. The molecule has 0 aliphatic carbocycles. The lowest BCUT2D eigenvalue weighted by molar-refractivity contribution is 0.156. The van der Waals surface area contributed by atoms with Crippen LogP contribution in [0.5, 0.6) is 0 Å². The van der Waals surface area contributed by atoms with Crippen molar-refractivity contribution in [1.29, 1.82) is 0 Å². The molecule has 1 aromatic carbocycles. The third-order valence-corrected chi connectivity index (χ3v) is 7.29. The van der Waals surface area contributed by atoms with Crippen molar-refractivity contribution in [2.24, 2.45) is 0 Å². The van der Waals surface area contributed by atoms with Crippen molar-refractivity contribution in [3.05, 3.63) is 29.8 Å². The first-order valence-corrected chi connectivity index (χ1v) is 10.5. The second-order valence-electron chi connectivity index (χ2n) is 7.35.